The number of carbonyl (C=O) groups is 1. The normalized spacial score (nSPS) is 12.3. The lowest BCUT2D eigenvalue weighted by atomic mass is 10.1. The van der Waals surface area contributed by atoms with Crippen molar-refractivity contribution in [2.24, 2.45) is 0 Å². The van der Waals surface area contributed by atoms with E-state index in [0.717, 1.165) is 26.7 Å². The second-order valence-electron chi connectivity index (χ2n) is 6.50. The van der Waals surface area contributed by atoms with Crippen LogP contribution >= 0.6 is 11.8 Å². The number of hydrogen-bond acceptors (Lipinski definition) is 2. The number of nitrogens with zero attached hydrogens (tertiary/aromatic N) is 2. The molecule has 1 heterocycles. The lowest BCUT2D eigenvalue weighted by Gasteiger charge is -2.34. The molecule has 0 aromatic heterocycles. The molecule has 130 valence electrons. The molecule has 0 aliphatic carbocycles. The largest absolute Gasteiger partial charge is 0.329 e. The Labute approximate surface area is 158 Å². The van der Waals surface area contributed by atoms with Crippen molar-refractivity contribution in [3.05, 3.63) is 83.9 Å². The van der Waals surface area contributed by atoms with Gasteiger partial charge in [0, 0.05) is 23.4 Å². The third-order valence-corrected chi connectivity index (χ3v) is 5.62. The zero-order valence-electron chi connectivity index (χ0n) is 14.8. The number of anilines is 2. The van der Waals surface area contributed by atoms with Crippen LogP contribution < -0.4 is 4.90 Å². The van der Waals surface area contributed by atoms with Gasteiger partial charge in [0.25, 0.3) is 0 Å². The second kappa shape index (κ2) is 6.89. The highest BCUT2D eigenvalue weighted by molar-refractivity contribution is 7.99. The van der Waals surface area contributed by atoms with Crippen molar-refractivity contribution in [2.45, 2.75) is 23.3 Å². The summed E-state index contributed by atoms with van der Waals surface area (Å²) < 4.78 is 0. The minimum atomic E-state index is -0.0224. The molecular formula is C22H20N2OS. The van der Waals surface area contributed by atoms with Crippen LogP contribution in [0, 0.1) is 6.92 Å². The monoisotopic (exact) mass is 360 g/mol. The van der Waals surface area contributed by atoms with Crippen LogP contribution in [0.5, 0.6) is 0 Å². The summed E-state index contributed by atoms with van der Waals surface area (Å²) in [5.41, 5.74) is 4.23. The quantitative estimate of drug-likeness (QED) is 0.572. The van der Waals surface area contributed by atoms with E-state index in [1.54, 1.807) is 16.7 Å². The third-order valence-electron chi connectivity index (χ3n) is 4.49. The first-order chi connectivity index (χ1) is 12.6. The van der Waals surface area contributed by atoms with Gasteiger partial charge >= 0.3 is 6.03 Å². The van der Waals surface area contributed by atoms with E-state index in [2.05, 4.69) is 43.3 Å². The second-order valence-corrected chi connectivity index (χ2v) is 7.58. The number of hydrogen-bond donors (Lipinski definition) is 0. The molecular weight excluding hydrogens is 340 g/mol. The van der Waals surface area contributed by atoms with E-state index < -0.39 is 0 Å². The van der Waals surface area contributed by atoms with E-state index in [1.165, 1.54) is 5.56 Å². The molecule has 0 saturated heterocycles. The van der Waals surface area contributed by atoms with Gasteiger partial charge in [-0.2, -0.15) is 0 Å². The number of benzene rings is 3. The van der Waals surface area contributed by atoms with Gasteiger partial charge < -0.3 is 4.90 Å². The zero-order chi connectivity index (χ0) is 18.1. The summed E-state index contributed by atoms with van der Waals surface area (Å²) >= 11 is 1.71. The van der Waals surface area contributed by atoms with Gasteiger partial charge in [0.1, 0.15) is 0 Å². The summed E-state index contributed by atoms with van der Waals surface area (Å²) in [6.07, 6.45) is 0. The lowest BCUT2D eigenvalue weighted by molar-refractivity contribution is 0.216. The molecule has 0 unspecified atom stereocenters. The summed E-state index contributed by atoms with van der Waals surface area (Å²) in [6, 6.07) is 24.4. The molecule has 0 spiro atoms. The van der Waals surface area contributed by atoms with Crippen LogP contribution in [0.4, 0.5) is 16.2 Å². The fraction of sp³-hybridized carbons (Fsp3) is 0.136. The number of fused-ring (bicyclic) bond motifs is 2. The lowest BCUT2D eigenvalue weighted by Crippen LogP contribution is -2.39. The fourth-order valence-corrected chi connectivity index (χ4v) is 4.17. The van der Waals surface area contributed by atoms with Crippen LogP contribution in [-0.4, -0.2) is 18.0 Å². The number of para-hydroxylation sites is 2. The van der Waals surface area contributed by atoms with E-state index >= 15 is 0 Å². The summed E-state index contributed by atoms with van der Waals surface area (Å²) in [5.74, 6) is 0. The molecule has 0 bridgehead atoms. The molecule has 1 aliphatic heterocycles. The topological polar surface area (TPSA) is 23.6 Å². The molecule has 0 radical (unpaired) electrons. The number of amides is 2. The number of rotatable bonds is 2. The highest BCUT2D eigenvalue weighted by Crippen LogP contribution is 2.48. The molecule has 3 aromatic carbocycles. The minimum absolute atomic E-state index is 0.0224. The molecule has 0 fully saturated rings. The molecule has 4 rings (SSSR count). The Morgan fingerprint density at radius 3 is 2.00 bits per heavy atom. The highest BCUT2D eigenvalue weighted by atomic mass is 32.2. The smallest absolute Gasteiger partial charge is 0.323 e. The predicted molar refractivity (Wildman–Crippen MR) is 107 cm³/mol. The van der Waals surface area contributed by atoms with Crippen LogP contribution in [0.2, 0.25) is 0 Å². The first-order valence-electron chi connectivity index (χ1n) is 8.60. The Hall–Kier alpha value is -2.72. The van der Waals surface area contributed by atoms with Crippen molar-refractivity contribution >= 4 is 29.2 Å². The summed E-state index contributed by atoms with van der Waals surface area (Å²) in [7, 11) is 1.86. The average Bonchev–Trinajstić information content (AvgIpc) is 2.67. The third kappa shape index (κ3) is 3.08. The van der Waals surface area contributed by atoms with Gasteiger partial charge in [0.05, 0.1) is 11.4 Å². The van der Waals surface area contributed by atoms with Crippen LogP contribution in [0.25, 0.3) is 0 Å². The van der Waals surface area contributed by atoms with Crippen LogP contribution in [0.15, 0.2) is 82.6 Å². The minimum Gasteiger partial charge on any atom is -0.323 e. The van der Waals surface area contributed by atoms with E-state index in [1.807, 2.05) is 48.3 Å². The van der Waals surface area contributed by atoms with Crippen LogP contribution in [0.1, 0.15) is 11.1 Å². The van der Waals surface area contributed by atoms with Crippen LogP contribution in [0.3, 0.4) is 0 Å². The molecule has 4 heteroatoms. The van der Waals surface area contributed by atoms with E-state index in [-0.39, 0.29) is 6.03 Å². The Balaban J connectivity index is 1.68. The maximum absolute atomic E-state index is 13.3. The molecule has 3 nitrogen and oxygen atoms in total. The van der Waals surface area contributed by atoms with Gasteiger partial charge in [0.15, 0.2) is 0 Å². The molecule has 3 aromatic rings. The van der Waals surface area contributed by atoms with Crippen molar-refractivity contribution in [3.63, 3.8) is 0 Å². The maximum Gasteiger partial charge on any atom is 0.329 e. The molecule has 1 aliphatic rings. The molecule has 0 atom stereocenters. The predicted octanol–water partition coefficient (Wildman–Crippen LogP) is 5.85. The van der Waals surface area contributed by atoms with E-state index in [0.29, 0.717) is 6.54 Å². The maximum atomic E-state index is 13.3. The Morgan fingerprint density at radius 2 is 1.42 bits per heavy atom. The standard InChI is InChI=1S/C22H20N2OS/c1-16-11-13-17(14-12-16)15-23(2)22(25)24-18-7-3-5-9-20(18)26-21-10-6-4-8-19(21)24/h3-14H,15H2,1-2H3. The van der Waals surface area contributed by atoms with Gasteiger partial charge in [-0.15, -0.1) is 0 Å². The number of aryl methyl sites for hydroxylation is 1. The summed E-state index contributed by atoms with van der Waals surface area (Å²) in [5, 5.41) is 0. The average molecular weight is 360 g/mol. The van der Waals surface area contributed by atoms with Gasteiger partial charge in [-0.1, -0.05) is 65.9 Å². The van der Waals surface area contributed by atoms with Gasteiger partial charge in [-0.05, 0) is 36.8 Å². The van der Waals surface area contributed by atoms with E-state index in [9.17, 15) is 4.79 Å². The van der Waals surface area contributed by atoms with Gasteiger partial charge in [-0.3, -0.25) is 4.90 Å². The fourth-order valence-electron chi connectivity index (χ4n) is 3.12. The van der Waals surface area contributed by atoms with Crippen molar-refractivity contribution < 1.29 is 4.79 Å². The van der Waals surface area contributed by atoms with Crippen molar-refractivity contribution in [1.82, 2.24) is 4.90 Å². The first-order valence-corrected chi connectivity index (χ1v) is 9.42. The Bertz CT molecular complexity index is 907. The molecule has 26 heavy (non-hydrogen) atoms. The zero-order valence-corrected chi connectivity index (χ0v) is 15.7. The highest BCUT2D eigenvalue weighted by Gasteiger charge is 2.29. The van der Waals surface area contributed by atoms with Crippen molar-refractivity contribution in [3.8, 4) is 0 Å². The summed E-state index contributed by atoms with van der Waals surface area (Å²) in [4.78, 5) is 19.1. The van der Waals surface area contributed by atoms with Crippen molar-refractivity contribution in [1.29, 1.82) is 0 Å². The summed E-state index contributed by atoms with van der Waals surface area (Å²) in [6.45, 7) is 2.64. The molecule has 0 N–H and O–H groups in total. The molecule has 2 amide bonds. The SMILES string of the molecule is Cc1ccc(CN(C)C(=O)N2c3ccccc3Sc3ccccc32)cc1. The molecule has 0 saturated carbocycles. The van der Waals surface area contributed by atoms with Gasteiger partial charge in [-0.25, -0.2) is 4.79 Å². The van der Waals surface area contributed by atoms with Crippen molar-refractivity contribution in [2.75, 3.05) is 11.9 Å². The number of urea groups is 1. The number of carbonyl (C=O) groups excluding carboxylic acids is 1. The van der Waals surface area contributed by atoms with E-state index in [4.69, 9.17) is 0 Å². The van der Waals surface area contributed by atoms with Gasteiger partial charge in [0.2, 0.25) is 0 Å². The Kier molecular flexibility index (Phi) is 4.43. The Morgan fingerprint density at radius 1 is 0.885 bits per heavy atom. The van der Waals surface area contributed by atoms with Crippen LogP contribution in [-0.2, 0) is 6.54 Å². The first kappa shape index (κ1) is 16.7.